The Morgan fingerprint density at radius 3 is 2.68 bits per heavy atom. The number of nitrogens with one attached hydrogen (secondary N) is 2. The van der Waals surface area contributed by atoms with Crippen molar-refractivity contribution in [2.75, 3.05) is 18.5 Å². The molecule has 0 saturated carbocycles. The molecule has 0 fully saturated rings. The molecule has 0 saturated heterocycles. The van der Waals surface area contributed by atoms with E-state index in [4.69, 9.17) is 5.11 Å². The van der Waals surface area contributed by atoms with Crippen LogP contribution in [0.15, 0.2) is 35.3 Å². The van der Waals surface area contributed by atoms with Gasteiger partial charge in [0.1, 0.15) is 16.9 Å². The average Bonchev–Trinajstić information content (AvgIpc) is 2.72. The minimum absolute atomic E-state index is 0.0567. The van der Waals surface area contributed by atoms with Crippen LogP contribution in [0.25, 0.3) is 11.0 Å². The van der Waals surface area contributed by atoms with E-state index in [1.807, 2.05) is 0 Å². The standard InChI is InChI=1S/C21H21FN4O5/c1-11(28)25-15-9-14(22)4-3-13(15)7-12-8-16-18(24-10-12)19(29)17(21(31)26(16)2)20(30)23-5-6-27/h3-4,8-10,27,29H,5-7H2,1-2H3,(H,23,30)(H,25,28). The summed E-state index contributed by atoms with van der Waals surface area (Å²) in [5, 5.41) is 24.3. The van der Waals surface area contributed by atoms with Crippen LogP contribution in [0.3, 0.4) is 0 Å². The minimum atomic E-state index is -0.814. The number of aryl methyl sites for hydroxylation is 1. The fourth-order valence-electron chi connectivity index (χ4n) is 3.22. The van der Waals surface area contributed by atoms with E-state index >= 15 is 0 Å². The maximum absolute atomic E-state index is 13.6. The normalized spacial score (nSPS) is 10.8. The van der Waals surface area contributed by atoms with Gasteiger partial charge in [0.05, 0.1) is 12.1 Å². The van der Waals surface area contributed by atoms with Crippen molar-refractivity contribution in [2.24, 2.45) is 7.05 Å². The maximum atomic E-state index is 13.6. The smallest absolute Gasteiger partial charge is 0.267 e. The Kier molecular flexibility index (Phi) is 6.30. The number of rotatable bonds is 6. The van der Waals surface area contributed by atoms with Crippen molar-refractivity contribution in [2.45, 2.75) is 13.3 Å². The highest BCUT2D eigenvalue weighted by Gasteiger charge is 2.22. The number of amides is 2. The number of aliphatic hydroxyl groups is 1. The van der Waals surface area contributed by atoms with Gasteiger partial charge in [-0.05, 0) is 29.3 Å². The van der Waals surface area contributed by atoms with Crippen molar-refractivity contribution in [1.29, 1.82) is 0 Å². The van der Waals surface area contributed by atoms with E-state index in [-0.39, 0.29) is 31.0 Å². The molecule has 162 valence electrons. The third-order valence-corrected chi connectivity index (χ3v) is 4.67. The molecule has 3 rings (SSSR count). The Labute approximate surface area is 176 Å². The monoisotopic (exact) mass is 428 g/mol. The largest absolute Gasteiger partial charge is 0.505 e. The SMILES string of the molecule is CC(=O)Nc1cc(F)ccc1Cc1cnc2c(O)c(C(=O)NCCO)c(=O)n(C)c2c1. The number of carbonyl (C=O) groups is 2. The zero-order valence-corrected chi connectivity index (χ0v) is 16.9. The van der Waals surface area contributed by atoms with Crippen molar-refractivity contribution in [1.82, 2.24) is 14.9 Å². The van der Waals surface area contributed by atoms with Crippen LogP contribution in [-0.4, -0.2) is 44.7 Å². The molecule has 4 N–H and O–H groups in total. The number of aromatic nitrogens is 2. The Bertz CT molecular complexity index is 1240. The molecule has 0 spiro atoms. The summed E-state index contributed by atoms with van der Waals surface area (Å²) < 4.78 is 14.8. The molecule has 0 bridgehead atoms. The Hall–Kier alpha value is -3.79. The van der Waals surface area contributed by atoms with Gasteiger partial charge in [-0.1, -0.05) is 6.07 Å². The van der Waals surface area contributed by atoms with Crippen molar-refractivity contribution < 1.29 is 24.2 Å². The number of anilines is 1. The summed E-state index contributed by atoms with van der Waals surface area (Å²) in [7, 11) is 1.44. The van der Waals surface area contributed by atoms with Gasteiger partial charge in [0.25, 0.3) is 11.5 Å². The number of aliphatic hydroxyl groups excluding tert-OH is 1. The Morgan fingerprint density at radius 2 is 2.00 bits per heavy atom. The predicted octanol–water partition coefficient (Wildman–Crippen LogP) is 1.05. The molecule has 9 nitrogen and oxygen atoms in total. The lowest BCUT2D eigenvalue weighted by Crippen LogP contribution is -2.34. The van der Waals surface area contributed by atoms with Gasteiger partial charge in [-0.15, -0.1) is 0 Å². The van der Waals surface area contributed by atoms with Crippen LogP contribution in [0.4, 0.5) is 10.1 Å². The molecule has 0 atom stereocenters. The van der Waals surface area contributed by atoms with Crippen LogP contribution in [0, 0.1) is 5.82 Å². The lowest BCUT2D eigenvalue weighted by Gasteiger charge is -2.13. The summed E-state index contributed by atoms with van der Waals surface area (Å²) in [5.74, 6) is -2.21. The van der Waals surface area contributed by atoms with E-state index in [9.17, 15) is 23.9 Å². The molecule has 3 aromatic rings. The zero-order valence-electron chi connectivity index (χ0n) is 16.9. The lowest BCUT2D eigenvalue weighted by atomic mass is 10.0. The van der Waals surface area contributed by atoms with Gasteiger partial charge in [-0.3, -0.25) is 19.4 Å². The van der Waals surface area contributed by atoms with Gasteiger partial charge >= 0.3 is 0 Å². The minimum Gasteiger partial charge on any atom is -0.505 e. The van der Waals surface area contributed by atoms with Crippen LogP contribution in [0.2, 0.25) is 0 Å². The number of hydrogen-bond donors (Lipinski definition) is 4. The Balaban J connectivity index is 2.05. The highest BCUT2D eigenvalue weighted by atomic mass is 19.1. The molecule has 31 heavy (non-hydrogen) atoms. The van der Waals surface area contributed by atoms with Gasteiger partial charge in [-0.25, -0.2) is 4.39 Å². The second kappa shape index (κ2) is 8.92. The first-order valence-electron chi connectivity index (χ1n) is 9.38. The number of benzene rings is 1. The molecule has 2 heterocycles. The van der Waals surface area contributed by atoms with Crippen LogP contribution < -0.4 is 16.2 Å². The highest BCUT2D eigenvalue weighted by molar-refractivity contribution is 6.01. The number of halogens is 1. The average molecular weight is 428 g/mol. The molecule has 1 aromatic carbocycles. The molecule has 2 aromatic heterocycles. The summed E-state index contributed by atoms with van der Waals surface area (Å²) in [6.45, 7) is 0.936. The van der Waals surface area contributed by atoms with Crippen molar-refractivity contribution in [3.63, 3.8) is 0 Å². The number of fused-ring (bicyclic) bond motifs is 1. The first kappa shape index (κ1) is 21.9. The number of aromatic hydroxyl groups is 1. The van der Waals surface area contributed by atoms with Crippen molar-refractivity contribution in [3.05, 3.63) is 63.3 Å². The van der Waals surface area contributed by atoms with E-state index in [1.54, 1.807) is 6.07 Å². The third-order valence-electron chi connectivity index (χ3n) is 4.67. The summed E-state index contributed by atoms with van der Waals surface area (Å²) in [6, 6.07) is 5.65. The predicted molar refractivity (Wildman–Crippen MR) is 112 cm³/mol. The van der Waals surface area contributed by atoms with Gasteiger partial charge < -0.3 is 25.4 Å². The first-order chi connectivity index (χ1) is 14.7. The molecule has 0 aliphatic rings. The van der Waals surface area contributed by atoms with Gasteiger partial charge in [0, 0.05) is 38.8 Å². The van der Waals surface area contributed by atoms with Crippen LogP contribution in [-0.2, 0) is 18.3 Å². The molecule has 0 aliphatic heterocycles. The highest BCUT2D eigenvalue weighted by Crippen LogP contribution is 2.27. The molecule has 10 heteroatoms. The molecule has 0 aliphatic carbocycles. The zero-order chi connectivity index (χ0) is 22.7. The van der Waals surface area contributed by atoms with E-state index < -0.39 is 28.6 Å². The molecular weight excluding hydrogens is 407 g/mol. The summed E-state index contributed by atoms with van der Waals surface area (Å²) in [4.78, 5) is 40.5. The first-order valence-corrected chi connectivity index (χ1v) is 9.38. The molecule has 0 radical (unpaired) electrons. The van der Waals surface area contributed by atoms with E-state index in [2.05, 4.69) is 15.6 Å². The number of hydrogen-bond acceptors (Lipinski definition) is 6. The fourth-order valence-corrected chi connectivity index (χ4v) is 3.22. The Morgan fingerprint density at radius 1 is 1.26 bits per heavy atom. The van der Waals surface area contributed by atoms with Crippen molar-refractivity contribution >= 4 is 28.5 Å². The van der Waals surface area contributed by atoms with Gasteiger partial charge in [0.2, 0.25) is 5.91 Å². The maximum Gasteiger partial charge on any atom is 0.267 e. The summed E-state index contributed by atoms with van der Waals surface area (Å²) in [6.07, 6.45) is 1.73. The van der Waals surface area contributed by atoms with Gasteiger partial charge in [0.15, 0.2) is 5.75 Å². The van der Waals surface area contributed by atoms with Gasteiger partial charge in [-0.2, -0.15) is 0 Å². The van der Waals surface area contributed by atoms with E-state index in [0.717, 1.165) is 0 Å². The summed E-state index contributed by atoms with van der Waals surface area (Å²) in [5.41, 5.74) is 0.753. The third kappa shape index (κ3) is 4.53. The quantitative estimate of drug-likeness (QED) is 0.464. The van der Waals surface area contributed by atoms with Crippen LogP contribution in [0.5, 0.6) is 5.75 Å². The van der Waals surface area contributed by atoms with E-state index in [1.165, 1.54) is 42.9 Å². The topological polar surface area (TPSA) is 134 Å². The van der Waals surface area contributed by atoms with Crippen LogP contribution in [0.1, 0.15) is 28.4 Å². The van der Waals surface area contributed by atoms with Crippen LogP contribution >= 0.6 is 0 Å². The van der Waals surface area contributed by atoms with E-state index in [0.29, 0.717) is 22.3 Å². The molecular formula is C21H21FN4O5. The lowest BCUT2D eigenvalue weighted by molar-refractivity contribution is -0.114. The number of nitrogens with zero attached hydrogens (tertiary/aromatic N) is 2. The van der Waals surface area contributed by atoms with Crippen molar-refractivity contribution in [3.8, 4) is 5.75 Å². The fraction of sp³-hybridized carbons (Fsp3) is 0.238. The summed E-state index contributed by atoms with van der Waals surface area (Å²) >= 11 is 0. The second-order valence-corrected chi connectivity index (χ2v) is 6.94. The second-order valence-electron chi connectivity index (χ2n) is 6.94. The molecule has 0 unspecified atom stereocenters. The number of pyridine rings is 2. The molecule has 2 amide bonds. The number of carbonyl (C=O) groups excluding carboxylic acids is 2.